The van der Waals surface area contributed by atoms with Gasteiger partial charge in [-0.3, -0.25) is 9.48 Å². The number of hydrogen-bond donors (Lipinski definition) is 2. The summed E-state index contributed by atoms with van der Waals surface area (Å²) in [6.45, 7) is 7.53. The fourth-order valence-electron chi connectivity index (χ4n) is 7.27. The number of likely N-dealkylation sites (tertiary alicyclic amines) is 1. The number of unbranched alkanes of at least 4 members (excludes halogenated alkanes) is 1. The van der Waals surface area contributed by atoms with Crippen molar-refractivity contribution in [1.82, 2.24) is 29.0 Å². The van der Waals surface area contributed by atoms with Crippen LogP contribution in [0.25, 0.3) is 10.2 Å². The number of fused-ring (bicyclic) bond motifs is 1. The van der Waals surface area contributed by atoms with E-state index in [0.717, 1.165) is 85.1 Å². The lowest BCUT2D eigenvalue weighted by Crippen LogP contribution is -2.57. The van der Waals surface area contributed by atoms with E-state index in [1.165, 1.54) is 50.1 Å². The molecule has 3 fully saturated rings. The standard InChI is InChI=1S/C31H46N8O2S/c1-4-25-17-27(39(25)21(3)40)8-6-5-7-22-9-11-23(12-10-22)33-29-28-20(2)37-42-30(28)36-31(35-29)34-24-18-32-38(19-24)26-13-15-41-16-14-26/h18-19,22-23,25-27H,4-17H2,1-3H3,(H2,33,34,35,36). The van der Waals surface area contributed by atoms with Gasteiger partial charge in [-0.25, -0.2) is 0 Å². The number of nitrogens with zero attached hydrogens (tertiary/aromatic N) is 6. The molecule has 11 heteroatoms. The highest BCUT2D eigenvalue weighted by molar-refractivity contribution is 7.13. The van der Waals surface area contributed by atoms with Gasteiger partial charge in [-0.15, -0.1) is 0 Å². The van der Waals surface area contributed by atoms with Crippen molar-refractivity contribution in [3.05, 3.63) is 18.1 Å². The summed E-state index contributed by atoms with van der Waals surface area (Å²) in [6, 6.07) is 1.75. The van der Waals surface area contributed by atoms with Crippen LogP contribution in [0.15, 0.2) is 12.4 Å². The quantitative estimate of drug-likeness (QED) is 0.239. The molecule has 228 valence electrons. The summed E-state index contributed by atoms with van der Waals surface area (Å²) in [6.07, 6.45) is 17.9. The summed E-state index contributed by atoms with van der Waals surface area (Å²) in [5.41, 5.74) is 1.87. The van der Waals surface area contributed by atoms with Gasteiger partial charge in [-0.05, 0) is 82.2 Å². The first-order valence-corrected chi connectivity index (χ1v) is 16.8. The molecule has 1 amide bonds. The van der Waals surface area contributed by atoms with Gasteiger partial charge >= 0.3 is 0 Å². The second-order valence-electron chi connectivity index (χ2n) is 12.5. The van der Waals surface area contributed by atoms with Crippen LogP contribution in [-0.4, -0.2) is 66.3 Å². The SMILES string of the molecule is CCC1CC(CCCCC2CCC(Nc3nc(Nc4cnn(C5CCOCC5)c4)nc4snc(C)c34)CC2)N1C(C)=O. The van der Waals surface area contributed by atoms with Crippen LogP contribution in [0.4, 0.5) is 17.5 Å². The zero-order valence-corrected chi connectivity index (χ0v) is 26.2. The Bertz CT molecular complexity index is 1340. The maximum Gasteiger partial charge on any atom is 0.230 e. The lowest BCUT2D eigenvalue weighted by Gasteiger charge is -2.48. The Hall–Kier alpha value is -2.79. The summed E-state index contributed by atoms with van der Waals surface area (Å²) in [5, 5.41) is 12.8. The van der Waals surface area contributed by atoms with Crippen LogP contribution in [0.3, 0.4) is 0 Å². The highest BCUT2D eigenvalue weighted by atomic mass is 32.1. The molecule has 6 rings (SSSR count). The Morgan fingerprint density at radius 1 is 1.07 bits per heavy atom. The van der Waals surface area contributed by atoms with Crippen LogP contribution < -0.4 is 10.6 Å². The van der Waals surface area contributed by atoms with Crippen molar-refractivity contribution in [2.75, 3.05) is 23.8 Å². The third-order valence-corrected chi connectivity index (χ3v) is 10.5. The van der Waals surface area contributed by atoms with E-state index < -0.39 is 0 Å². The van der Waals surface area contributed by atoms with Crippen molar-refractivity contribution < 1.29 is 9.53 Å². The molecule has 2 aliphatic heterocycles. The molecule has 3 aromatic rings. The summed E-state index contributed by atoms with van der Waals surface area (Å²) < 4.78 is 12.1. The number of carbonyl (C=O) groups excluding carboxylic acids is 1. The molecule has 1 aliphatic carbocycles. The molecule has 2 atom stereocenters. The Morgan fingerprint density at radius 2 is 1.86 bits per heavy atom. The predicted molar refractivity (Wildman–Crippen MR) is 167 cm³/mol. The molecule has 2 N–H and O–H groups in total. The Labute approximate surface area is 253 Å². The molecular weight excluding hydrogens is 548 g/mol. The molecule has 2 saturated heterocycles. The van der Waals surface area contributed by atoms with E-state index in [1.807, 2.05) is 24.0 Å². The molecule has 1 saturated carbocycles. The minimum Gasteiger partial charge on any atom is -0.381 e. The van der Waals surface area contributed by atoms with E-state index in [9.17, 15) is 4.79 Å². The molecule has 5 heterocycles. The largest absolute Gasteiger partial charge is 0.381 e. The molecular formula is C31H46N8O2S. The van der Waals surface area contributed by atoms with Gasteiger partial charge < -0.3 is 20.3 Å². The fourth-order valence-corrected chi connectivity index (χ4v) is 8.05. The minimum atomic E-state index is 0.253. The van der Waals surface area contributed by atoms with Crippen LogP contribution in [-0.2, 0) is 9.53 Å². The van der Waals surface area contributed by atoms with Gasteiger partial charge in [0.15, 0.2) is 4.83 Å². The Kier molecular flexibility index (Phi) is 9.23. The van der Waals surface area contributed by atoms with Gasteiger partial charge in [0.05, 0.1) is 29.0 Å². The number of rotatable bonds is 11. The summed E-state index contributed by atoms with van der Waals surface area (Å²) in [5.74, 6) is 2.52. The van der Waals surface area contributed by atoms with Crippen LogP contribution >= 0.6 is 11.5 Å². The molecule has 42 heavy (non-hydrogen) atoms. The van der Waals surface area contributed by atoms with Gasteiger partial charge in [-0.2, -0.15) is 19.4 Å². The third-order valence-electron chi connectivity index (χ3n) is 9.68. The van der Waals surface area contributed by atoms with Crippen molar-refractivity contribution in [2.24, 2.45) is 5.92 Å². The van der Waals surface area contributed by atoms with Crippen LogP contribution in [0.5, 0.6) is 0 Å². The first-order chi connectivity index (χ1) is 20.5. The van der Waals surface area contributed by atoms with Crippen molar-refractivity contribution in [2.45, 2.75) is 122 Å². The second kappa shape index (κ2) is 13.2. The molecule has 0 bridgehead atoms. The highest BCUT2D eigenvalue weighted by Crippen LogP contribution is 2.35. The summed E-state index contributed by atoms with van der Waals surface area (Å²) >= 11 is 1.43. The van der Waals surface area contributed by atoms with E-state index >= 15 is 0 Å². The van der Waals surface area contributed by atoms with Gasteiger partial charge in [0, 0.05) is 44.5 Å². The van der Waals surface area contributed by atoms with Gasteiger partial charge in [0.2, 0.25) is 11.9 Å². The summed E-state index contributed by atoms with van der Waals surface area (Å²) in [7, 11) is 0. The molecule has 0 spiro atoms. The van der Waals surface area contributed by atoms with E-state index in [0.29, 0.717) is 30.1 Å². The fraction of sp³-hybridized carbons (Fsp3) is 0.710. The molecule has 3 aromatic heterocycles. The van der Waals surface area contributed by atoms with Crippen LogP contribution in [0.1, 0.15) is 103 Å². The molecule has 10 nitrogen and oxygen atoms in total. The normalized spacial score (nSPS) is 25.0. The predicted octanol–water partition coefficient (Wildman–Crippen LogP) is 6.62. The van der Waals surface area contributed by atoms with E-state index in [2.05, 4.69) is 31.9 Å². The number of carbonyl (C=O) groups is 1. The van der Waals surface area contributed by atoms with Crippen molar-refractivity contribution in [3.8, 4) is 0 Å². The number of ether oxygens (including phenoxy) is 1. The molecule has 0 aromatic carbocycles. The zero-order chi connectivity index (χ0) is 29.1. The number of amides is 1. The molecule has 2 unspecified atom stereocenters. The number of nitrogens with one attached hydrogen (secondary N) is 2. The van der Waals surface area contributed by atoms with Crippen molar-refractivity contribution in [1.29, 1.82) is 0 Å². The van der Waals surface area contributed by atoms with Crippen molar-refractivity contribution >= 4 is 45.1 Å². The highest BCUT2D eigenvalue weighted by Gasteiger charge is 2.38. The van der Waals surface area contributed by atoms with Crippen LogP contribution in [0.2, 0.25) is 0 Å². The average Bonchev–Trinajstić information content (AvgIpc) is 3.60. The summed E-state index contributed by atoms with van der Waals surface area (Å²) in [4.78, 5) is 24.7. The van der Waals surface area contributed by atoms with Crippen LogP contribution in [0, 0.1) is 12.8 Å². The lowest BCUT2D eigenvalue weighted by atomic mass is 9.82. The first kappa shape index (κ1) is 29.3. The second-order valence-corrected chi connectivity index (χ2v) is 13.3. The van der Waals surface area contributed by atoms with Gasteiger partial charge in [-0.1, -0.05) is 26.2 Å². The zero-order valence-electron chi connectivity index (χ0n) is 25.3. The topological polar surface area (TPSA) is 110 Å². The number of aryl methyl sites for hydroxylation is 1. The molecule has 0 radical (unpaired) electrons. The Morgan fingerprint density at radius 3 is 2.62 bits per heavy atom. The van der Waals surface area contributed by atoms with E-state index in [1.54, 1.807) is 6.92 Å². The smallest absolute Gasteiger partial charge is 0.230 e. The van der Waals surface area contributed by atoms with Crippen molar-refractivity contribution in [3.63, 3.8) is 0 Å². The number of anilines is 3. The maximum atomic E-state index is 12.0. The number of hydrogen-bond acceptors (Lipinski definition) is 9. The first-order valence-electron chi connectivity index (χ1n) is 16.1. The minimum absolute atomic E-state index is 0.253. The average molecular weight is 595 g/mol. The van der Waals surface area contributed by atoms with Gasteiger partial charge in [0.1, 0.15) is 5.82 Å². The van der Waals surface area contributed by atoms with Gasteiger partial charge in [0.25, 0.3) is 0 Å². The van der Waals surface area contributed by atoms with E-state index in [-0.39, 0.29) is 5.91 Å². The third kappa shape index (κ3) is 6.56. The Balaban J connectivity index is 1.00. The van der Waals surface area contributed by atoms with E-state index in [4.69, 9.17) is 14.7 Å². The maximum absolute atomic E-state index is 12.0. The lowest BCUT2D eigenvalue weighted by molar-refractivity contribution is -0.142. The number of aromatic nitrogens is 5. The monoisotopic (exact) mass is 594 g/mol. The molecule has 3 aliphatic rings.